The fourth-order valence-corrected chi connectivity index (χ4v) is 4.07. The standard InChI is InChI=1S/C21H30N4O5S/c1-5-6-12-25-18(22)17(19(26)23-21(25)28)24(13-11-14(2)3)20(27)15-9-7-8-10-16(15)31(4,29)30/h7-10,14H,5-6,11-13,22H2,1-4H3,(H,23,26,28). The number of anilines is 2. The predicted octanol–water partition coefficient (Wildman–Crippen LogP) is 2.02. The van der Waals surface area contributed by atoms with E-state index in [1.807, 2.05) is 20.8 Å². The highest BCUT2D eigenvalue weighted by Crippen LogP contribution is 2.24. The van der Waals surface area contributed by atoms with E-state index in [2.05, 4.69) is 4.98 Å². The van der Waals surface area contributed by atoms with E-state index in [1.165, 1.54) is 27.7 Å². The first kappa shape index (κ1) is 24.4. The SMILES string of the molecule is CCCCn1c(N)c(N(CCC(C)C)C(=O)c2ccccc2S(C)(=O)=O)c(=O)[nH]c1=O. The van der Waals surface area contributed by atoms with Gasteiger partial charge in [0.25, 0.3) is 11.5 Å². The molecule has 0 atom stereocenters. The molecule has 0 fully saturated rings. The van der Waals surface area contributed by atoms with E-state index in [0.717, 1.165) is 12.7 Å². The quantitative estimate of drug-likeness (QED) is 0.600. The largest absolute Gasteiger partial charge is 0.383 e. The van der Waals surface area contributed by atoms with Crippen LogP contribution in [0.5, 0.6) is 0 Å². The number of aromatic nitrogens is 2. The Bertz CT molecular complexity index is 1170. The molecule has 2 rings (SSSR count). The van der Waals surface area contributed by atoms with Crippen LogP contribution in [-0.2, 0) is 16.4 Å². The molecule has 10 heteroatoms. The van der Waals surface area contributed by atoms with Gasteiger partial charge in [0.05, 0.1) is 10.5 Å². The van der Waals surface area contributed by atoms with Gasteiger partial charge < -0.3 is 10.6 Å². The third kappa shape index (κ3) is 5.63. The summed E-state index contributed by atoms with van der Waals surface area (Å²) in [5.74, 6) is -0.581. The first-order valence-corrected chi connectivity index (χ1v) is 12.1. The highest BCUT2D eigenvalue weighted by atomic mass is 32.2. The first-order valence-electron chi connectivity index (χ1n) is 10.2. The van der Waals surface area contributed by atoms with Gasteiger partial charge >= 0.3 is 5.69 Å². The van der Waals surface area contributed by atoms with Gasteiger partial charge in [0.15, 0.2) is 15.5 Å². The predicted molar refractivity (Wildman–Crippen MR) is 121 cm³/mol. The fraction of sp³-hybridized carbons (Fsp3) is 0.476. The Hall–Kier alpha value is -2.88. The van der Waals surface area contributed by atoms with E-state index in [-0.39, 0.29) is 41.0 Å². The summed E-state index contributed by atoms with van der Waals surface area (Å²) in [5.41, 5.74) is 4.56. The minimum absolute atomic E-state index is 0.0566. The highest BCUT2D eigenvalue weighted by Gasteiger charge is 2.28. The zero-order valence-electron chi connectivity index (χ0n) is 18.3. The van der Waals surface area contributed by atoms with E-state index < -0.39 is 27.0 Å². The molecule has 31 heavy (non-hydrogen) atoms. The normalized spacial score (nSPS) is 11.6. The van der Waals surface area contributed by atoms with Gasteiger partial charge in [-0.05, 0) is 30.9 Å². The van der Waals surface area contributed by atoms with Crippen LogP contribution in [0, 0.1) is 5.92 Å². The smallest absolute Gasteiger partial charge is 0.330 e. The summed E-state index contributed by atoms with van der Waals surface area (Å²) in [6, 6.07) is 5.83. The minimum atomic E-state index is -3.69. The van der Waals surface area contributed by atoms with Crippen LogP contribution >= 0.6 is 0 Å². The maximum absolute atomic E-state index is 13.5. The number of amides is 1. The summed E-state index contributed by atoms with van der Waals surface area (Å²) in [7, 11) is -3.69. The number of rotatable bonds is 9. The van der Waals surface area contributed by atoms with Gasteiger partial charge in [-0.15, -0.1) is 0 Å². The van der Waals surface area contributed by atoms with Gasteiger partial charge in [0.2, 0.25) is 0 Å². The number of carbonyl (C=O) groups excluding carboxylic acids is 1. The molecule has 1 amide bonds. The minimum Gasteiger partial charge on any atom is -0.383 e. The van der Waals surface area contributed by atoms with Gasteiger partial charge in [0.1, 0.15) is 5.82 Å². The van der Waals surface area contributed by atoms with Crippen LogP contribution in [0.15, 0.2) is 38.8 Å². The molecular formula is C21H30N4O5S. The van der Waals surface area contributed by atoms with Crippen molar-refractivity contribution < 1.29 is 13.2 Å². The second kappa shape index (κ2) is 9.95. The van der Waals surface area contributed by atoms with Crippen molar-refractivity contribution in [2.75, 3.05) is 23.4 Å². The average molecular weight is 451 g/mol. The van der Waals surface area contributed by atoms with Gasteiger partial charge in [-0.2, -0.15) is 0 Å². The van der Waals surface area contributed by atoms with Gasteiger partial charge in [0, 0.05) is 19.3 Å². The number of unbranched alkanes of at least 4 members (excludes halogenated alkanes) is 1. The molecule has 170 valence electrons. The number of hydrogen-bond donors (Lipinski definition) is 2. The third-order valence-corrected chi connectivity index (χ3v) is 6.07. The summed E-state index contributed by atoms with van der Waals surface area (Å²) in [6.45, 7) is 6.30. The first-order chi connectivity index (χ1) is 14.5. The highest BCUT2D eigenvalue weighted by molar-refractivity contribution is 7.90. The lowest BCUT2D eigenvalue weighted by Gasteiger charge is -2.26. The van der Waals surface area contributed by atoms with Crippen LogP contribution in [0.25, 0.3) is 0 Å². The summed E-state index contributed by atoms with van der Waals surface area (Å²) < 4.78 is 25.7. The number of aromatic amines is 1. The summed E-state index contributed by atoms with van der Waals surface area (Å²) in [5, 5.41) is 0. The Morgan fingerprint density at radius 3 is 2.45 bits per heavy atom. The third-order valence-electron chi connectivity index (χ3n) is 4.91. The van der Waals surface area contributed by atoms with Gasteiger partial charge in [-0.1, -0.05) is 39.3 Å². The second-order valence-corrected chi connectivity index (χ2v) is 9.89. The lowest BCUT2D eigenvalue weighted by atomic mass is 10.1. The lowest BCUT2D eigenvalue weighted by molar-refractivity contribution is 0.0982. The maximum Gasteiger partial charge on any atom is 0.330 e. The van der Waals surface area contributed by atoms with Gasteiger partial charge in [-0.3, -0.25) is 19.1 Å². The molecule has 0 bridgehead atoms. The fourth-order valence-electron chi connectivity index (χ4n) is 3.19. The van der Waals surface area contributed by atoms with E-state index in [9.17, 15) is 22.8 Å². The molecule has 0 spiro atoms. The monoisotopic (exact) mass is 450 g/mol. The van der Waals surface area contributed by atoms with Crippen LogP contribution in [0.3, 0.4) is 0 Å². The van der Waals surface area contributed by atoms with Crippen molar-refractivity contribution in [3.05, 3.63) is 50.7 Å². The molecular weight excluding hydrogens is 420 g/mol. The Labute approximate surface area is 181 Å². The van der Waals surface area contributed by atoms with E-state index in [4.69, 9.17) is 5.73 Å². The average Bonchev–Trinajstić information content (AvgIpc) is 2.68. The summed E-state index contributed by atoms with van der Waals surface area (Å²) in [4.78, 5) is 41.8. The number of nitrogens with zero attached hydrogens (tertiary/aromatic N) is 2. The number of nitrogens with one attached hydrogen (secondary N) is 1. The molecule has 0 unspecified atom stereocenters. The number of benzene rings is 1. The number of carbonyl (C=O) groups is 1. The van der Waals surface area contributed by atoms with Crippen LogP contribution < -0.4 is 21.9 Å². The van der Waals surface area contributed by atoms with Crippen LogP contribution in [0.4, 0.5) is 11.5 Å². The lowest BCUT2D eigenvalue weighted by Crippen LogP contribution is -2.42. The van der Waals surface area contributed by atoms with Crippen molar-refractivity contribution in [3.8, 4) is 0 Å². The molecule has 0 saturated heterocycles. The molecule has 1 heterocycles. The van der Waals surface area contributed by atoms with Crippen molar-refractivity contribution in [2.45, 2.75) is 51.5 Å². The summed E-state index contributed by atoms with van der Waals surface area (Å²) in [6.07, 6.45) is 3.02. The van der Waals surface area contributed by atoms with Crippen LogP contribution in [0.1, 0.15) is 50.4 Å². The zero-order chi connectivity index (χ0) is 23.3. The molecule has 9 nitrogen and oxygen atoms in total. The van der Waals surface area contributed by atoms with Gasteiger partial charge in [-0.25, -0.2) is 13.2 Å². The second-order valence-electron chi connectivity index (χ2n) is 7.91. The van der Waals surface area contributed by atoms with E-state index in [0.29, 0.717) is 12.8 Å². The maximum atomic E-state index is 13.5. The molecule has 0 radical (unpaired) electrons. The van der Waals surface area contributed by atoms with Crippen molar-refractivity contribution in [1.29, 1.82) is 0 Å². The van der Waals surface area contributed by atoms with E-state index in [1.54, 1.807) is 6.07 Å². The molecule has 1 aromatic heterocycles. The number of hydrogen-bond acceptors (Lipinski definition) is 6. The molecule has 2 aromatic rings. The molecule has 0 aliphatic carbocycles. The Balaban J connectivity index is 2.71. The van der Waals surface area contributed by atoms with Crippen molar-refractivity contribution >= 4 is 27.2 Å². The molecule has 1 aromatic carbocycles. The molecule has 0 aliphatic rings. The summed E-state index contributed by atoms with van der Waals surface area (Å²) >= 11 is 0. The molecule has 3 N–H and O–H groups in total. The molecule has 0 aliphatic heterocycles. The van der Waals surface area contributed by atoms with Crippen LogP contribution in [-0.4, -0.2) is 36.7 Å². The Morgan fingerprint density at radius 1 is 1.23 bits per heavy atom. The van der Waals surface area contributed by atoms with Crippen molar-refractivity contribution in [3.63, 3.8) is 0 Å². The Kier molecular flexibility index (Phi) is 7.83. The van der Waals surface area contributed by atoms with Crippen molar-refractivity contribution in [1.82, 2.24) is 9.55 Å². The number of nitrogens with two attached hydrogens (primary N) is 1. The van der Waals surface area contributed by atoms with Crippen molar-refractivity contribution in [2.24, 2.45) is 5.92 Å². The van der Waals surface area contributed by atoms with E-state index >= 15 is 0 Å². The topological polar surface area (TPSA) is 135 Å². The Morgan fingerprint density at radius 2 is 1.87 bits per heavy atom. The number of nitrogen functional groups attached to an aromatic ring is 1. The zero-order valence-corrected chi connectivity index (χ0v) is 19.2. The number of H-pyrrole nitrogens is 1. The molecule has 0 saturated carbocycles. The van der Waals surface area contributed by atoms with Crippen LogP contribution in [0.2, 0.25) is 0 Å². The number of sulfone groups is 1.